The summed E-state index contributed by atoms with van der Waals surface area (Å²) in [6, 6.07) is 6.20. The molecule has 0 saturated heterocycles. The molecular weight excluding hydrogens is 270 g/mol. The lowest BCUT2D eigenvalue weighted by Gasteiger charge is -2.11. The van der Waals surface area contributed by atoms with Crippen LogP contribution in [0.2, 0.25) is 0 Å². The van der Waals surface area contributed by atoms with Crippen molar-refractivity contribution in [1.82, 2.24) is 9.78 Å². The fourth-order valence-electron chi connectivity index (χ4n) is 1.78. The lowest BCUT2D eigenvalue weighted by Crippen LogP contribution is -2.09. The SMILES string of the molecule is Cc1cccc(-n2nc(C(=O)O)cc2OC(F)F)c1C. The third-order valence-corrected chi connectivity index (χ3v) is 2.91. The smallest absolute Gasteiger partial charge is 0.388 e. The molecule has 106 valence electrons. The Morgan fingerprint density at radius 3 is 2.70 bits per heavy atom. The molecule has 0 saturated carbocycles. The molecule has 2 aromatic rings. The first kappa shape index (κ1) is 14.0. The Morgan fingerprint density at radius 2 is 2.10 bits per heavy atom. The van der Waals surface area contributed by atoms with Crippen LogP contribution in [0.3, 0.4) is 0 Å². The summed E-state index contributed by atoms with van der Waals surface area (Å²) in [4.78, 5) is 10.9. The van der Waals surface area contributed by atoms with Crippen LogP contribution in [0, 0.1) is 13.8 Å². The van der Waals surface area contributed by atoms with E-state index in [2.05, 4.69) is 9.84 Å². The van der Waals surface area contributed by atoms with Crippen LogP contribution < -0.4 is 4.74 Å². The highest BCUT2D eigenvalue weighted by Crippen LogP contribution is 2.25. The summed E-state index contributed by atoms with van der Waals surface area (Å²) in [6.07, 6.45) is 0. The Hall–Kier alpha value is -2.44. The second-order valence-electron chi connectivity index (χ2n) is 4.18. The van der Waals surface area contributed by atoms with Gasteiger partial charge >= 0.3 is 12.6 Å². The third kappa shape index (κ3) is 2.61. The molecule has 0 amide bonds. The van der Waals surface area contributed by atoms with Crippen molar-refractivity contribution in [3.63, 3.8) is 0 Å². The molecule has 1 aromatic carbocycles. The number of halogens is 2. The topological polar surface area (TPSA) is 64.4 Å². The normalized spacial score (nSPS) is 10.8. The molecule has 20 heavy (non-hydrogen) atoms. The van der Waals surface area contributed by atoms with Crippen LogP contribution in [-0.4, -0.2) is 27.5 Å². The lowest BCUT2D eigenvalue weighted by atomic mass is 10.1. The zero-order chi connectivity index (χ0) is 14.9. The number of aryl methyl sites for hydroxylation is 1. The Balaban J connectivity index is 2.59. The summed E-state index contributed by atoms with van der Waals surface area (Å²) in [5, 5.41) is 12.7. The first-order chi connectivity index (χ1) is 9.40. The number of aromatic nitrogens is 2. The predicted octanol–water partition coefficient (Wildman–Crippen LogP) is 2.79. The zero-order valence-corrected chi connectivity index (χ0v) is 10.8. The predicted molar refractivity (Wildman–Crippen MR) is 66.6 cm³/mol. The third-order valence-electron chi connectivity index (χ3n) is 2.91. The van der Waals surface area contributed by atoms with Crippen molar-refractivity contribution >= 4 is 5.97 Å². The molecule has 0 aliphatic heterocycles. The highest BCUT2D eigenvalue weighted by atomic mass is 19.3. The van der Waals surface area contributed by atoms with Gasteiger partial charge in [-0.1, -0.05) is 12.1 Å². The van der Waals surface area contributed by atoms with Crippen molar-refractivity contribution in [2.24, 2.45) is 0 Å². The second kappa shape index (κ2) is 5.28. The van der Waals surface area contributed by atoms with Gasteiger partial charge in [0.05, 0.1) is 5.69 Å². The van der Waals surface area contributed by atoms with Crippen LogP contribution in [0.15, 0.2) is 24.3 Å². The summed E-state index contributed by atoms with van der Waals surface area (Å²) in [5.41, 5.74) is 1.86. The highest BCUT2D eigenvalue weighted by molar-refractivity contribution is 5.85. The van der Waals surface area contributed by atoms with Crippen LogP contribution in [0.1, 0.15) is 21.6 Å². The number of aromatic carboxylic acids is 1. The monoisotopic (exact) mass is 282 g/mol. The molecule has 7 heteroatoms. The maximum absolute atomic E-state index is 12.4. The quantitative estimate of drug-likeness (QED) is 0.936. The molecule has 1 aromatic heterocycles. The van der Waals surface area contributed by atoms with E-state index in [0.717, 1.165) is 21.9 Å². The van der Waals surface area contributed by atoms with Gasteiger partial charge in [0, 0.05) is 6.07 Å². The number of rotatable bonds is 4. The van der Waals surface area contributed by atoms with Crippen LogP contribution in [0.5, 0.6) is 5.88 Å². The van der Waals surface area contributed by atoms with Gasteiger partial charge in [0.15, 0.2) is 5.69 Å². The second-order valence-corrected chi connectivity index (χ2v) is 4.18. The minimum atomic E-state index is -3.06. The maximum atomic E-state index is 12.4. The molecule has 0 spiro atoms. The number of ether oxygens (including phenoxy) is 1. The van der Waals surface area contributed by atoms with Gasteiger partial charge in [-0.15, -0.1) is 0 Å². The largest absolute Gasteiger partial charge is 0.476 e. The Kier molecular flexibility index (Phi) is 3.69. The minimum absolute atomic E-state index is 0.314. The van der Waals surface area contributed by atoms with Crippen LogP contribution in [-0.2, 0) is 0 Å². The lowest BCUT2D eigenvalue weighted by molar-refractivity contribution is -0.0544. The van der Waals surface area contributed by atoms with E-state index in [1.54, 1.807) is 19.1 Å². The summed E-state index contributed by atoms with van der Waals surface area (Å²) >= 11 is 0. The number of carboxylic acids is 1. The molecule has 5 nitrogen and oxygen atoms in total. The van der Waals surface area contributed by atoms with Gasteiger partial charge in [0.2, 0.25) is 5.88 Å². The number of carbonyl (C=O) groups is 1. The molecule has 0 bridgehead atoms. The molecule has 0 unspecified atom stereocenters. The Bertz CT molecular complexity index is 653. The van der Waals surface area contributed by atoms with Gasteiger partial charge in [-0.25, -0.2) is 4.79 Å². The van der Waals surface area contributed by atoms with Crippen molar-refractivity contribution in [3.8, 4) is 11.6 Å². The Labute approximate surface area is 113 Å². The number of carboxylic acid groups (broad SMARTS) is 1. The van der Waals surface area contributed by atoms with E-state index in [-0.39, 0.29) is 11.6 Å². The molecule has 0 aliphatic carbocycles. The highest BCUT2D eigenvalue weighted by Gasteiger charge is 2.19. The molecule has 0 atom stereocenters. The average Bonchev–Trinajstić information content (AvgIpc) is 2.76. The maximum Gasteiger partial charge on any atom is 0.388 e. The Morgan fingerprint density at radius 1 is 1.40 bits per heavy atom. The average molecular weight is 282 g/mol. The molecule has 1 N–H and O–H groups in total. The van der Waals surface area contributed by atoms with E-state index in [4.69, 9.17) is 5.11 Å². The van der Waals surface area contributed by atoms with Gasteiger partial charge in [0.25, 0.3) is 0 Å². The summed E-state index contributed by atoms with van der Waals surface area (Å²) in [7, 11) is 0. The number of hydrogen-bond donors (Lipinski definition) is 1. The number of hydrogen-bond acceptors (Lipinski definition) is 3. The first-order valence-corrected chi connectivity index (χ1v) is 5.75. The summed E-state index contributed by atoms with van der Waals surface area (Å²) in [5.74, 6) is -1.63. The van der Waals surface area contributed by atoms with Crippen molar-refractivity contribution in [2.45, 2.75) is 20.5 Å². The van der Waals surface area contributed by atoms with Crippen LogP contribution in [0.4, 0.5) is 8.78 Å². The van der Waals surface area contributed by atoms with E-state index in [0.29, 0.717) is 5.69 Å². The molecule has 0 radical (unpaired) electrons. The standard InChI is InChI=1S/C13H12F2N2O3/c1-7-4-3-5-10(8(7)2)17-11(20-13(14)15)6-9(16-17)12(18)19/h3-6,13H,1-2H3,(H,18,19). The minimum Gasteiger partial charge on any atom is -0.476 e. The molecule has 2 rings (SSSR count). The van der Waals surface area contributed by atoms with E-state index < -0.39 is 12.6 Å². The molecule has 1 heterocycles. The fourth-order valence-corrected chi connectivity index (χ4v) is 1.78. The van der Waals surface area contributed by atoms with Gasteiger partial charge in [-0.2, -0.15) is 18.6 Å². The fraction of sp³-hybridized carbons (Fsp3) is 0.231. The van der Waals surface area contributed by atoms with E-state index in [1.165, 1.54) is 0 Å². The van der Waals surface area contributed by atoms with E-state index in [9.17, 15) is 13.6 Å². The number of alkyl halides is 2. The number of nitrogens with zero attached hydrogens (tertiary/aromatic N) is 2. The van der Waals surface area contributed by atoms with Crippen molar-refractivity contribution < 1.29 is 23.4 Å². The van der Waals surface area contributed by atoms with E-state index in [1.807, 2.05) is 13.0 Å². The summed E-state index contributed by atoms with van der Waals surface area (Å²) < 4.78 is 30.2. The number of benzene rings is 1. The molecule has 0 fully saturated rings. The van der Waals surface area contributed by atoms with E-state index >= 15 is 0 Å². The van der Waals surface area contributed by atoms with Gasteiger partial charge < -0.3 is 9.84 Å². The summed E-state index contributed by atoms with van der Waals surface area (Å²) in [6.45, 7) is 0.588. The van der Waals surface area contributed by atoms with Crippen molar-refractivity contribution in [3.05, 3.63) is 41.1 Å². The van der Waals surface area contributed by atoms with Crippen molar-refractivity contribution in [2.75, 3.05) is 0 Å². The van der Waals surface area contributed by atoms with Crippen molar-refractivity contribution in [1.29, 1.82) is 0 Å². The van der Waals surface area contributed by atoms with Crippen LogP contribution in [0.25, 0.3) is 5.69 Å². The van der Waals surface area contributed by atoms with Crippen LogP contribution >= 0.6 is 0 Å². The zero-order valence-electron chi connectivity index (χ0n) is 10.8. The first-order valence-electron chi connectivity index (χ1n) is 5.75. The molecule has 0 aliphatic rings. The van der Waals surface area contributed by atoms with Gasteiger partial charge in [-0.3, -0.25) is 0 Å². The van der Waals surface area contributed by atoms with Gasteiger partial charge in [-0.05, 0) is 31.0 Å². The molecular formula is C13H12F2N2O3. The van der Waals surface area contributed by atoms with Gasteiger partial charge in [0.1, 0.15) is 0 Å².